The number of hydrogen-bond acceptors (Lipinski definition) is 1. The topological polar surface area (TPSA) is 14.2 Å². The number of hydrogen-bond donors (Lipinski definition) is 0. The molecular formula is C57H37NO. The SMILES string of the molecule is c1ccc(-c2ccc3c4c(ccc3c2)Oc2ccc3cc(-c5ccccc5)ccc3c2C4c2ccc(-c3ccc(-n4c5ccccc5c5ccccc54)cc3)cc2)cc1. The van der Waals surface area contributed by atoms with E-state index in [2.05, 4.69) is 223 Å². The van der Waals surface area contributed by atoms with Gasteiger partial charge in [0.1, 0.15) is 11.5 Å². The lowest BCUT2D eigenvalue weighted by atomic mass is 9.78. The molecule has 10 aromatic carbocycles. The van der Waals surface area contributed by atoms with Crippen LogP contribution in [0.25, 0.3) is 82.4 Å². The summed E-state index contributed by atoms with van der Waals surface area (Å²) in [6.45, 7) is 0. The lowest BCUT2D eigenvalue weighted by molar-refractivity contribution is 0.456. The van der Waals surface area contributed by atoms with E-state index in [1.807, 2.05) is 0 Å². The molecule has 0 saturated heterocycles. The van der Waals surface area contributed by atoms with Crippen molar-refractivity contribution in [3.63, 3.8) is 0 Å². The number of fused-ring (bicyclic) bond motifs is 9. The number of benzene rings is 10. The predicted octanol–water partition coefficient (Wildman–Crippen LogP) is 15.4. The van der Waals surface area contributed by atoms with Gasteiger partial charge in [0.05, 0.1) is 11.0 Å². The fourth-order valence-corrected chi connectivity index (χ4v) is 9.53. The second kappa shape index (κ2) is 13.5. The smallest absolute Gasteiger partial charge is 0.132 e. The van der Waals surface area contributed by atoms with Crippen LogP contribution in [0.15, 0.2) is 218 Å². The number of nitrogens with zero attached hydrogens (tertiary/aromatic N) is 1. The maximum absolute atomic E-state index is 6.86. The molecule has 276 valence electrons. The monoisotopic (exact) mass is 751 g/mol. The summed E-state index contributed by atoms with van der Waals surface area (Å²) < 4.78 is 9.23. The highest BCUT2D eigenvalue weighted by Crippen LogP contribution is 2.53. The van der Waals surface area contributed by atoms with Crippen LogP contribution in [0.2, 0.25) is 0 Å². The molecule has 0 unspecified atom stereocenters. The lowest BCUT2D eigenvalue weighted by Gasteiger charge is -2.31. The number of rotatable bonds is 5. The van der Waals surface area contributed by atoms with Crippen molar-refractivity contribution in [1.82, 2.24) is 4.57 Å². The van der Waals surface area contributed by atoms with Crippen molar-refractivity contribution in [2.24, 2.45) is 0 Å². The first-order chi connectivity index (χ1) is 29.2. The van der Waals surface area contributed by atoms with Gasteiger partial charge in [-0.3, -0.25) is 0 Å². The summed E-state index contributed by atoms with van der Waals surface area (Å²) in [7, 11) is 0. The number of ether oxygens (including phenoxy) is 1. The van der Waals surface area contributed by atoms with Gasteiger partial charge in [0.2, 0.25) is 0 Å². The molecule has 0 bridgehead atoms. The first-order valence-corrected chi connectivity index (χ1v) is 20.4. The Balaban J connectivity index is 0.984. The number of para-hydroxylation sites is 2. The molecule has 0 radical (unpaired) electrons. The van der Waals surface area contributed by atoms with E-state index in [4.69, 9.17) is 4.74 Å². The molecule has 2 heterocycles. The van der Waals surface area contributed by atoms with Crippen LogP contribution in [-0.4, -0.2) is 4.57 Å². The van der Waals surface area contributed by atoms with Crippen LogP contribution < -0.4 is 4.74 Å². The van der Waals surface area contributed by atoms with Crippen molar-refractivity contribution in [2.45, 2.75) is 5.92 Å². The Labute approximate surface area is 342 Å². The average Bonchev–Trinajstić information content (AvgIpc) is 3.65. The molecule has 0 atom stereocenters. The van der Waals surface area contributed by atoms with Crippen molar-refractivity contribution < 1.29 is 4.74 Å². The Hall–Kier alpha value is -7.68. The molecule has 0 saturated carbocycles. The van der Waals surface area contributed by atoms with E-state index in [1.54, 1.807) is 0 Å². The largest absolute Gasteiger partial charge is 0.457 e. The third-order valence-corrected chi connectivity index (χ3v) is 12.3. The van der Waals surface area contributed by atoms with Gasteiger partial charge in [-0.1, -0.05) is 170 Å². The molecule has 0 fully saturated rings. The van der Waals surface area contributed by atoms with Crippen LogP contribution in [0.4, 0.5) is 0 Å². The van der Waals surface area contributed by atoms with Gasteiger partial charge in [-0.15, -0.1) is 0 Å². The van der Waals surface area contributed by atoms with Gasteiger partial charge >= 0.3 is 0 Å². The standard InChI is InChI=1S/C57H37NO/c1-3-11-37(12-4-1)42-25-31-47-44(35-42)27-33-53-56(47)55(57-48-32-26-43(38-13-5-2-6-14-38)36-45(48)28-34-54(57)59-53)41-21-19-39(20-22-41)40-23-29-46(30-24-40)58-51-17-9-7-15-49(51)50-16-8-10-18-52(50)58/h1-36,55H. The van der Waals surface area contributed by atoms with Crippen LogP contribution in [0, 0.1) is 0 Å². The van der Waals surface area contributed by atoms with Crippen molar-refractivity contribution in [1.29, 1.82) is 0 Å². The Morgan fingerprint density at radius 1 is 0.322 bits per heavy atom. The molecule has 12 rings (SSSR count). The third-order valence-electron chi connectivity index (χ3n) is 12.3. The van der Waals surface area contributed by atoms with Gasteiger partial charge in [-0.25, -0.2) is 0 Å². The molecule has 0 aliphatic carbocycles. The molecule has 1 aliphatic rings. The lowest BCUT2D eigenvalue weighted by Crippen LogP contribution is -2.13. The quantitative estimate of drug-likeness (QED) is 0.171. The summed E-state index contributed by atoms with van der Waals surface area (Å²) in [5.74, 6) is 1.78. The van der Waals surface area contributed by atoms with E-state index in [-0.39, 0.29) is 5.92 Å². The molecule has 1 aromatic heterocycles. The van der Waals surface area contributed by atoms with Crippen LogP contribution in [0.5, 0.6) is 11.5 Å². The minimum Gasteiger partial charge on any atom is -0.457 e. The van der Waals surface area contributed by atoms with E-state index >= 15 is 0 Å². The molecule has 0 spiro atoms. The minimum atomic E-state index is -0.0435. The second-order valence-electron chi connectivity index (χ2n) is 15.6. The van der Waals surface area contributed by atoms with Crippen molar-refractivity contribution in [3.8, 4) is 50.6 Å². The third kappa shape index (κ3) is 5.49. The number of aromatic nitrogens is 1. The summed E-state index contributed by atoms with van der Waals surface area (Å²) in [6, 6.07) is 79.3. The molecule has 2 heteroatoms. The summed E-state index contributed by atoms with van der Waals surface area (Å²) in [5.41, 5.74) is 14.5. The van der Waals surface area contributed by atoms with Gasteiger partial charge in [0, 0.05) is 33.5 Å². The van der Waals surface area contributed by atoms with Crippen LogP contribution in [0.1, 0.15) is 22.6 Å². The Kier molecular flexibility index (Phi) is 7.64. The molecule has 11 aromatic rings. The Bertz CT molecular complexity index is 3200. The Morgan fingerprint density at radius 2 is 0.746 bits per heavy atom. The van der Waals surface area contributed by atoms with Crippen LogP contribution >= 0.6 is 0 Å². The minimum absolute atomic E-state index is 0.0435. The summed E-state index contributed by atoms with van der Waals surface area (Å²) >= 11 is 0. The maximum atomic E-state index is 6.86. The van der Waals surface area contributed by atoms with Gasteiger partial charge in [-0.2, -0.15) is 0 Å². The second-order valence-corrected chi connectivity index (χ2v) is 15.6. The van der Waals surface area contributed by atoms with E-state index in [1.165, 1.54) is 93.4 Å². The molecule has 2 nitrogen and oxygen atoms in total. The van der Waals surface area contributed by atoms with Gasteiger partial charge in [-0.05, 0) is 109 Å². The first kappa shape index (κ1) is 33.5. The molecule has 59 heavy (non-hydrogen) atoms. The van der Waals surface area contributed by atoms with E-state index in [9.17, 15) is 0 Å². The zero-order valence-electron chi connectivity index (χ0n) is 32.2. The fraction of sp³-hybridized carbons (Fsp3) is 0.0175. The highest BCUT2D eigenvalue weighted by atomic mass is 16.5. The van der Waals surface area contributed by atoms with Gasteiger partial charge < -0.3 is 9.30 Å². The fourth-order valence-electron chi connectivity index (χ4n) is 9.53. The van der Waals surface area contributed by atoms with Crippen molar-refractivity contribution in [3.05, 3.63) is 235 Å². The molecule has 1 aliphatic heterocycles. The van der Waals surface area contributed by atoms with Gasteiger partial charge in [0.15, 0.2) is 0 Å². The predicted molar refractivity (Wildman–Crippen MR) is 246 cm³/mol. The van der Waals surface area contributed by atoms with Crippen LogP contribution in [-0.2, 0) is 0 Å². The summed E-state index contributed by atoms with van der Waals surface area (Å²) in [5, 5.41) is 7.36. The van der Waals surface area contributed by atoms with E-state index < -0.39 is 0 Å². The van der Waals surface area contributed by atoms with Crippen LogP contribution in [0.3, 0.4) is 0 Å². The normalized spacial score (nSPS) is 12.5. The summed E-state index contributed by atoms with van der Waals surface area (Å²) in [6.07, 6.45) is 0. The highest BCUT2D eigenvalue weighted by molar-refractivity contribution is 6.09. The Morgan fingerprint density at radius 3 is 1.25 bits per heavy atom. The molecular weight excluding hydrogens is 715 g/mol. The average molecular weight is 752 g/mol. The zero-order valence-corrected chi connectivity index (χ0v) is 32.2. The maximum Gasteiger partial charge on any atom is 0.132 e. The first-order valence-electron chi connectivity index (χ1n) is 20.4. The van der Waals surface area contributed by atoms with E-state index in [0.717, 1.165) is 17.2 Å². The summed E-state index contributed by atoms with van der Waals surface area (Å²) in [4.78, 5) is 0. The highest BCUT2D eigenvalue weighted by Gasteiger charge is 2.32. The van der Waals surface area contributed by atoms with Crippen molar-refractivity contribution >= 4 is 43.4 Å². The van der Waals surface area contributed by atoms with E-state index in [0.29, 0.717) is 0 Å². The molecule has 0 N–H and O–H groups in total. The van der Waals surface area contributed by atoms with Crippen molar-refractivity contribution in [2.75, 3.05) is 0 Å². The van der Waals surface area contributed by atoms with Gasteiger partial charge in [0.25, 0.3) is 0 Å². The zero-order chi connectivity index (χ0) is 38.9. The molecule has 0 amide bonds.